The van der Waals surface area contributed by atoms with Gasteiger partial charge in [-0.3, -0.25) is 5.01 Å². The zero-order valence-electron chi connectivity index (χ0n) is 15.2. The van der Waals surface area contributed by atoms with Gasteiger partial charge < -0.3 is 10.7 Å². The van der Waals surface area contributed by atoms with Crippen molar-refractivity contribution < 1.29 is 13.2 Å². The number of nitriles is 1. The molecule has 0 bridgehead atoms. The van der Waals surface area contributed by atoms with Crippen molar-refractivity contribution in [1.82, 2.24) is 16.0 Å². The van der Waals surface area contributed by atoms with Crippen LogP contribution in [0.2, 0.25) is 0 Å². The van der Waals surface area contributed by atoms with Crippen molar-refractivity contribution in [2.75, 3.05) is 11.9 Å². The first-order valence-electron chi connectivity index (χ1n) is 8.74. The largest absolute Gasteiger partial charge is 0.417 e. The van der Waals surface area contributed by atoms with Crippen LogP contribution in [0.15, 0.2) is 42.4 Å². The van der Waals surface area contributed by atoms with Gasteiger partial charge in [0.25, 0.3) is 0 Å². The number of hydrogen-bond donors (Lipinski definition) is 3. The topological polar surface area (TPSA) is 63.1 Å². The highest BCUT2D eigenvalue weighted by Crippen LogP contribution is 2.40. The molecule has 5 nitrogen and oxygen atoms in total. The van der Waals surface area contributed by atoms with E-state index in [1.54, 1.807) is 12.3 Å². The summed E-state index contributed by atoms with van der Waals surface area (Å²) in [5.41, 5.74) is 6.14. The molecule has 1 unspecified atom stereocenters. The second kappa shape index (κ2) is 7.16. The third-order valence-corrected chi connectivity index (χ3v) is 5.20. The number of nitrogens with zero attached hydrogens (tertiary/aromatic N) is 2. The highest BCUT2D eigenvalue weighted by molar-refractivity contribution is 5.53. The first-order valence-corrected chi connectivity index (χ1v) is 8.74. The molecule has 2 aliphatic rings. The molecule has 1 atom stereocenters. The van der Waals surface area contributed by atoms with Crippen LogP contribution >= 0.6 is 0 Å². The van der Waals surface area contributed by atoms with Crippen LogP contribution in [0.1, 0.15) is 37.8 Å². The number of allylic oxidation sites excluding steroid dienone is 1. The number of hydrazine groups is 2. The fraction of sp³-hybridized carbons (Fsp3) is 0.421. The van der Waals surface area contributed by atoms with Gasteiger partial charge in [0.15, 0.2) is 0 Å². The summed E-state index contributed by atoms with van der Waals surface area (Å²) >= 11 is 0. The van der Waals surface area contributed by atoms with Crippen molar-refractivity contribution in [3.05, 3.63) is 53.5 Å². The van der Waals surface area contributed by atoms with Crippen molar-refractivity contribution in [2.24, 2.45) is 11.3 Å². The Labute approximate surface area is 156 Å². The quantitative estimate of drug-likeness (QED) is 0.737. The molecule has 1 aromatic carbocycles. The molecule has 1 aliphatic carbocycles. The number of rotatable bonds is 4. The maximum atomic E-state index is 13.1. The van der Waals surface area contributed by atoms with Crippen molar-refractivity contribution in [3.8, 4) is 6.07 Å². The second-order valence-electron chi connectivity index (χ2n) is 7.45. The Bertz CT molecular complexity index is 805. The summed E-state index contributed by atoms with van der Waals surface area (Å²) < 4.78 is 39.4. The normalized spacial score (nSPS) is 21.4. The predicted octanol–water partition coefficient (Wildman–Crippen LogP) is 4.11. The second-order valence-corrected chi connectivity index (χ2v) is 7.45. The number of benzene rings is 1. The zero-order chi connectivity index (χ0) is 19.7. The fourth-order valence-corrected chi connectivity index (χ4v) is 3.35. The molecule has 1 aromatic rings. The molecule has 27 heavy (non-hydrogen) atoms. The van der Waals surface area contributed by atoms with E-state index >= 15 is 0 Å². The summed E-state index contributed by atoms with van der Waals surface area (Å²) in [4.78, 5) is 0. The summed E-state index contributed by atoms with van der Waals surface area (Å²) in [5, 5.41) is 13.9. The molecule has 0 saturated heterocycles. The third kappa shape index (κ3) is 4.19. The monoisotopic (exact) mass is 377 g/mol. The van der Waals surface area contributed by atoms with E-state index in [0.29, 0.717) is 12.2 Å². The van der Waals surface area contributed by atoms with Gasteiger partial charge in [0, 0.05) is 36.2 Å². The lowest BCUT2D eigenvalue weighted by Crippen LogP contribution is -2.39. The summed E-state index contributed by atoms with van der Waals surface area (Å²) in [5.74, 6) is 0.141. The molecular weight excluding hydrogens is 355 g/mol. The Hall–Kier alpha value is -2.66. The minimum Gasteiger partial charge on any atom is -0.384 e. The molecule has 1 aliphatic heterocycles. The first-order chi connectivity index (χ1) is 12.7. The van der Waals surface area contributed by atoms with Gasteiger partial charge in [0.05, 0.1) is 17.2 Å². The van der Waals surface area contributed by atoms with E-state index in [0.717, 1.165) is 24.6 Å². The van der Waals surface area contributed by atoms with E-state index in [4.69, 9.17) is 5.26 Å². The average molecular weight is 377 g/mol. The number of halogens is 3. The van der Waals surface area contributed by atoms with Crippen molar-refractivity contribution in [1.29, 1.82) is 5.26 Å². The minimum absolute atomic E-state index is 0.0207. The molecule has 144 valence electrons. The number of hydrogen-bond acceptors (Lipinski definition) is 5. The van der Waals surface area contributed by atoms with Crippen LogP contribution in [0.3, 0.4) is 0 Å². The predicted molar refractivity (Wildman–Crippen MR) is 96.5 cm³/mol. The summed E-state index contributed by atoms with van der Waals surface area (Å²) in [6.07, 6.45) is 3.18. The molecular formula is C19H22F3N5. The van der Waals surface area contributed by atoms with Crippen LogP contribution in [0.4, 0.5) is 18.9 Å². The fourth-order valence-electron chi connectivity index (χ4n) is 3.35. The van der Waals surface area contributed by atoms with Gasteiger partial charge in [-0.15, -0.1) is 5.53 Å². The summed E-state index contributed by atoms with van der Waals surface area (Å²) in [6.45, 7) is 4.83. The van der Waals surface area contributed by atoms with Crippen LogP contribution in [-0.4, -0.2) is 11.6 Å². The standard InChI is InChI=1S/C19H22F3N5/c1-18(2)6-5-16(27-8-7-25-26-27)9-14(18)12-24-15-4-3-13(11-23)17(10-15)19(20,21)22/h3-4,7-10,14,24-26H,5-6,12H2,1-2H3. The number of alkyl halides is 3. The molecule has 0 amide bonds. The van der Waals surface area contributed by atoms with Crippen LogP contribution in [0.25, 0.3) is 0 Å². The Morgan fingerprint density at radius 1 is 1.37 bits per heavy atom. The molecule has 0 radical (unpaired) electrons. The summed E-state index contributed by atoms with van der Waals surface area (Å²) in [7, 11) is 0. The number of anilines is 1. The molecule has 3 rings (SSSR count). The molecule has 0 aromatic heterocycles. The lowest BCUT2D eigenvalue weighted by atomic mass is 9.71. The van der Waals surface area contributed by atoms with E-state index < -0.39 is 11.7 Å². The van der Waals surface area contributed by atoms with Gasteiger partial charge in [0.2, 0.25) is 0 Å². The SMILES string of the molecule is CC1(C)CCC(N2C=CNN2)=CC1CNc1ccc(C#N)c(C(F)(F)F)c1. The summed E-state index contributed by atoms with van der Waals surface area (Å²) in [6, 6.07) is 5.34. The molecule has 3 N–H and O–H groups in total. The minimum atomic E-state index is -4.55. The van der Waals surface area contributed by atoms with E-state index in [-0.39, 0.29) is 16.9 Å². The van der Waals surface area contributed by atoms with Crippen LogP contribution < -0.4 is 16.3 Å². The smallest absolute Gasteiger partial charge is 0.384 e. The Kier molecular flexibility index (Phi) is 5.07. The van der Waals surface area contributed by atoms with E-state index in [2.05, 4.69) is 36.2 Å². The van der Waals surface area contributed by atoms with Crippen molar-refractivity contribution >= 4 is 5.69 Å². The number of nitrogens with one attached hydrogen (secondary N) is 3. The highest BCUT2D eigenvalue weighted by atomic mass is 19.4. The highest BCUT2D eigenvalue weighted by Gasteiger charge is 2.35. The van der Waals surface area contributed by atoms with E-state index in [1.807, 2.05) is 11.2 Å². The van der Waals surface area contributed by atoms with Gasteiger partial charge in [-0.2, -0.15) is 18.4 Å². The van der Waals surface area contributed by atoms with Crippen LogP contribution in [0.5, 0.6) is 0 Å². The van der Waals surface area contributed by atoms with E-state index in [1.165, 1.54) is 12.1 Å². The molecule has 1 heterocycles. The van der Waals surface area contributed by atoms with E-state index in [9.17, 15) is 13.2 Å². The van der Waals surface area contributed by atoms with Gasteiger partial charge in [-0.25, -0.2) is 0 Å². The maximum absolute atomic E-state index is 13.1. The van der Waals surface area contributed by atoms with Gasteiger partial charge in [0.1, 0.15) is 0 Å². The average Bonchev–Trinajstić information content (AvgIpc) is 3.14. The Morgan fingerprint density at radius 2 is 2.15 bits per heavy atom. The third-order valence-electron chi connectivity index (χ3n) is 5.20. The van der Waals surface area contributed by atoms with Crippen LogP contribution in [-0.2, 0) is 6.18 Å². The first kappa shape index (κ1) is 19.1. The molecule has 8 heteroatoms. The maximum Gasteiger partial charge on any atom is 0.417 e. The van der Waals surface area contributed by atoms with Crippen molar-refractivity contribution in [3.63, 3.8) is 0 Å². The Balaban J connectivity index is 1.77. The zero-order valence-corrected chi connectivity index (χ0v) is 15.2. The van der Waals surface area contributed by atoms with Gasteiger partial charge in [-0.1, -0.05) is 19.9 Å². The van der Waals surface area contributed by atoms with Gasteiger partial charge in [-0.05, 0) is 36.5 Å². The molecule has 0 saturated carbocycles. The lowest BCUT2D eigenvalue weighted by molar-refractivity contribution is -0.137. The molecule has 0 spiro atoms. The Morgan fingerprint density at radius 3 is 2.78 bits per heavy atom. The van der Waals surface area contributed by atoms with Gasteiger partial charge >= 0.3 is 6.18 Å². The lowest BCUT2D eigenvalue weighted by Gasteiger charge is -2.39. The van der Waals surface area contributed by atoms with Crippen LogP contribution in [0, 0.1) is 22.7 Å². The van der Waals surface area contributed by atoms with Crippen molar-refractivity contribution in [2.45, 2.75) is 32.9 Å². The molecule has 0 fully saturated rings.